The lowest BCUT2D eigenvalue weighted by Crippen LogP contribution is -2.74. The van der Waals surface area contributed by atoms with Gasteiger partial charge in [-0.3, -0.25) is 9.59 Å². The first kappa shape index (κ1) is 51.4. The molecule has 1 saturated heterocycles. The normalized spacial score (nSPS) is 35.5. The van der Waals surface area contributed by atoms with Crippen LogP contribution in [0.15, 0.2) is 78.1 Å². The predicted octanol–water partition coefficient (Wildman–Crippen LogP) is 7.05. The van der Waals surface area contributed by atoms with Crippen LogP contribution in [0, 0.1) is 64.6 Å². The minimum absolute atomic E-state index is 0.0199. The SMILES string of the molecule is CCNCC1C(C2CCC3(C#CC(CC(O)C(O)CC(C4=CCNC(N)=C4)c4ccc5ccccc5c4)c4cc(O)c(OC)cc4CCC3=O)C(O)C2)CC2C3C4C(CC(=O)CC4NC24CCCCC4)CC(O)C13. The lowest BCUT2D eigenvalue weighted by atomic mass is 9.41. The van der Waals surface area contributed by atoms with E-state index in [0.717, 1.165) is 72.7 Å². The number of aliphatic hydroxyl groups is 4. The second-order valence-corrected chi connectivity index (χ2v) is 24.1. The third-order valence-corrected chi connectivity index (χ3v) is 20.4. The van der Waals surface area contributed by atoms with Crippen molar-refractivity contribution in [2.24, 2.45) is 58.5 Å². The smallest absolute Gasteiger partial charge is 0.160 e. The van der Waals surface area contributed by atoms with E-state index in [9.17, 15) is 35.1 Å². The van der Waals surface area contributed by atoms with Gasteiger partial charge in [-0.05, 0) is 176 Å². The highest BCUT2D eigenvalue weighted by molar-refractivity contribution is 5.89. The molecular formula is C62H80N4O8. The highest BCUT2D eigenvalue weighted by atomic mass is 16.5. The van der Waals surface area contributed by atoms with Crippen LogP contribution in [0.4, 0.5) is 0 Å². The Morgan fingerprint density at radius 3 is 2.49 bits per heavy atom. The number of aliphatic hydroxyl groups excluding tert-OH is 4. The number of Topliss-reactive ketones (excluding diaryl/α,β-unsaturated/α-hetero) is 2. The number of hydrogen-bond acceptors (Lipinski definition) is 12. The van der Waals surface area contributed by atoms with Crippen molar-refractivity contribution >= 4 is 22.3 Å². The Bertz CT molecular complexity index is 2720. The first-order chi connectivity index (χ1) is 35.8. The van der Waals surface area contributed by atoms with Crippen molar-refractivity contribution in [2.45, 2.75) is 157 Å². The summed E-state index contributed by atoms with van der Waals surface area (Å²) in [6, 6.07) is 18.0. The molecule has 2 heterocycles. The monoisotopic (exact) mass is 1010 g/mol. The second-order valence-electron chi connectivity index (χ2n) is 24.1. The standard InChI is InChI=1S/C62H80N4O8/c1-3-64-34-47-46(31-48-60-58-42(26-53(71)59(47)60)24-43(67)30-49(58)66-62(48)18-7-4-8-19-62)40-16-21-61(56(73)28-40)20-15-39(45-33-52(70)54(74-2)27-38(45)13-14-55(61)72)25-50(68)51(69)32-44(41-17-22-65-57(63)29-41)37-12-11-35-9-5-6-10-36(35)23-37/h5-6,9-12,17,23,27,29,33,39-40,42,44,46-51,53,56,58-60,64-66,68-71,73H,3-4,7-8,13-14,16,18-19,21-22,24-26,28,30-32,34,63H2,1-2H3. The van der Waals surface area contributed by atoms with Crippen molar-refractivity contribution in [2.75, 3.05) is 26.7 Å². The number of carbonyl (C=O) groups is 2. The van der Waals surface area contributed by atoms with Crippen LogP contribution in [0.1, 0.15) is 132 Å². The third-order valence-electron chi connectivity index (χ3n) is 20.4. The van der Waals surface area contributed by atoms with Crippen molar-refractivity contribution in [3.63, 3.8) is 0 Å². The Labute approximate surface area is 437 Å². The Morgan fingerprint density at radius 1 is 0.905 bits per heavy atom. The molecule has 12 heteroatoms. The van der Waals surface area contributed by atoms with Gasteiger partial charge in [0.1, 0.15) is 11.2 Å². The van der Waals surface area contributed by atoms with E-state index in [1.807, 2.05) is 18.2 Å². The summed E-state index contributed by atoms with van der Waals surface area (Å²) in [6.07, 6.45) is 10.8. The Hall–Kier alpha value is -4.74. The summed E-state index contributed by atoms with van der Waals surface area (Å²) in [4.78, 5) is 28.2. The molecule has 16 atom stereocenters. The molecule has 12 nitrogen and oxygen atoms in total. The fourth-order valence-corrected chi connectivity index (χ4v) is 17.0. The molecule has 396 valence electrons. The van der Waals surface area contributed by atoms with Crippen LogP contribution in [-0.2, 0) is 16.0 Å². The first-order valence-corrected chi connectivity index (χ1v) is 28.4. The number of piperidine rings is 1. The number of dihydropyridines is 1. The molecule has 8 aliphatic rings. The number of fused-ring (bicyclic) bond motifs is 3. The number of allylic oxidation sites excluding steroid dienone is 2. The summed E-state index contributed by atoms with van der Waals surface area (Å²) in [5.41, 5.74) is 8.25. The topological polar surface area (TPSA) is 207 Å². The third kappa shape index (κ3) is 9.40. The number of benzene rings is 3. The van der Waals surface area contributed by atoms with Crippen molar-refractivity contribution in [1.29, 1.82) is 0 Å². The zero-order valence-electron chi connectivity index (χ0n) is 43.5. The Balaban J connectivity index is 0.893. The van der Waals surface area contributed by atoms with Gasteiger partial charge in [-0.1, -0.05) is 86.6 Å². The average molecular weight is 1010 g/mol. The number of nitrogens with two attached hydrogens (primary N) is 1. The molecule has 11 rings (SSSR count). The van der Waals surface area contributed by atoms with Crippen molar-refractivity contribution in [1.82, 2.24) is 16.0 Å². The number of nitrogens with one attached hydrogen (secondary N) is 3. The number of rotatable bonds is 12. The maximum atomic E-state index is 14.9. The van der Waals surface area contributed by atoms with Crippen LogP contribution in [0.2, 0.25) is 0 Å². The number of phenols is 1. The van der Waals surface area contributed by atoms with Crippen LogP contribution in [0.25, 0.3) is 10.8 Å². The zero-order valence-corrected chi connectivity index (χ0v) is 43.5. The van der Waals surface area contributed by atoms with E-state index in [0.29, 0.717) is 86.4 Å². The van der Waals surface area contributed by atoms with Crippen molar-refractivity contribution in [3.05, 3.63) is 94.8 Å². The molecule has 3 aromatic rings. The summed E-state index contributed by atoms with van der Waals surface area (Å²) in [7, 11) is 1.49. The minimum atomic E-state index is -1.34. The molecule has 10 N–H and O–H groups in total. The molecule has 16 unspecified atom stereocenters. The fraction of sp³-hybridized carbons (Fsp3) is 0.613. The van der Waals surface area contributed by atoms with Crippen molar-refractivity contribution in [3.8, 4) is 23.3 Å². The Kier molecular flexibility index (Phi) is 14.6. The molecule has 0 aromatic heterocycles. The van der Waals surface area contributed by atoms with Gasteiger partial charge in [0, 0.05) is 49.2 Å². The van der Waals surface area contributed by atoms with Gasteiger partial charge in [-0.2, -0.15) is 0 Å². The second kappa shape index (κ2) is 21.0. The zero-order chi connectivity index (χ0) is 51.5. The molecule has 6 aliphatic carbocycles. The lowest BCUT2D eigenvalue weighted by molar-refractivity contribution is -0.192. The average Bonchev–Trinajstić information content (AvgIpc) is 3.44. The highest BCUT2D eigenvalue weighted by Gasteiger charge is 2.65. The largest absolute Gasteiger partial charge is 0.504 e. The number of methoxy groups -OCH3 is 1. The van der Waals surface area contributed by atoms with Crippen molar-refractivity contribution < 1.29 is 39.9 Å². The predicted molar refractivity (Wildman–Crippen MR) is 286 cm³/mol. The summed E-state index contributed by atoms with van der Waals surface area (Å²) in [5, 5.41) is 74.0. The van der Waals surface area contributed by atoms with Crippen LogP contribution in [-0.4, -0.2) is 99.8 Å². The summed E-state index contributed by atoms with van der Waals surface area (Å²) < 4.78 is 5.57. The maximum absolute atomic E-state index is 14.9. The van der Waals surface area contributed by atoms with Gasteiger partial charge in [0.2, 0.25) is 0 Å². The highest BCUT2D eigenvalue weighted by Crippen LogP contribution is 2.64. The van der Waals surface area contributed by atoms with Crippen LogP contribution in [0.3, 0.4) is 0 Å². The lowest BCUT2D eigenvalue weighted by Gasteiger charge is -2.68. The van der Waals surface area contributed by atoms with E-state index >= 15 is 0 Å². The molecule has 6 fully saturated rings. The van der Waals surface area contributed by atoms with E-state index in [1.165, 1.54) is 13.5 Å². The molecule has 74 heavy (non-hydrogen) atoms. The van der Waals surface area contributed by atoms with Gasteiger partial charge in [-0.15, -0.1) is 0 Å². The van der Waals surface area contributed by atoms with Gasteiger partial charge in [-0.25, -0.2) is 0 Å². The molecule has 2 spiro atoms. The molecule has 2 aliphatic heterocycles. The molecule has 0 radical (unpaired) electrons. The number of hydrogen-bond donors (Lipinski definition) is 9. The molecule has 5 saturated carbocycles. The fourth-order valence-electron chi connectivity index (χ4n) is 17.0. The molecule has 0 amide bonds. The van der Waals surface area contributed by atoms with Gasteiger partial charge in [0.25, 0.3) is 0 Å². The van der Waals surface area contributed by atoms with Gasteiger partial charge >= 0.3 is 0 Å². The van der Waals surface area contributed by atoms with E-state index in [1.54, 1.807) is 12.1 Å². The summed E-state index contributed by atoms with van der Waals surface area (Å²) in [5.74, 6) is 8.78. The summed E-state index contributed by atoms with van der Waals surface area (Å²) >= 11 is 0. The Morgan fingerprint density at radius 2 is 1.72 bits per heavy atom. The maximum Gasteiger partial charge on any atom is 0.160 e. The van der Waals surface area contributed by atoms with E-state index in [2.05, 4.69) is 71.1 Å². The van der Waals surface area contributed by atoms with Gasteiger partial charge in [0.15, 0.2) is 17.3 Å². The first-order valence-electron chi connectivity index (χ1n) is 28.4. The number of ether oxygens (including phenoxy) is 1. The number of aromatic hydroxyl groups is 1. The quantitative estimate of drug-likeness (QED) is 0.0838. The number of phenolic OH excluding ortho intramolecular Hbond substituents is 1. The van der Waals surface area contributed by atoms with E-state index in [-0.39, 0.29) is 83.6 Å². The molecular weight excluding hydrogens is 929 g/mol. The van der Waals surface area contributed by atoms with E-state index in [4.69, 9.17) is 10.5 Å². The number of ketones is 2. The van der Waals surface area contributed by atoms with Crippen LogP contribution in [0.5, 0.6) is 11.5 Å². The van der Waals surface area contributed by atoms with Gasteiger partial charge in [0.05, 0.1) is 37.3 Å². The van der Waals surface area contributed by atoms with Gasteiger partial charge < -0.3 is 52.0 Å². The molecule has 0 bridgehead atoms. The van der Waals surface area contributed by atoms with Crippen LogP contribution < -0.4 is 26.4 Å². The summed E-state index contributed by atoms with van der Waals surface area (Å²) in [6.45, 7) is 4.29. The number of aryl methyl sites for hydroxylation is 1. The number of carbonyl (C=O) groups excluding carboxylic acids is 2. The van der Waals surface area contributed by atoms with Crippen LogP contribution >= 0.6 is 0 Å². The van der Waals surface area contributed by atoms with E-state index < -0.39 is 35.7 Å². The minimum Gasteiger partial charge on any atom is -0.504 e. The molecule has 3 aromatic carbocycles.